The van der Waals surface area contributed by atoms with Gasteiger partial charge in [0.1, 0.15) is 0 Å². The van der Waals surface area contributed by atoms with Crippen LogP contribution in [0.25, 0.3) is 10.9 Å². The van der Waals surface area contributed by atoms with Crippen LogP contribution in [0.5, 0.6) is 5.75 Å². The molecule has 22 heavy (non-hydrogen) atoms. The summed E-state index contributed by atoms with van der Waals surface area (Å²) >= 11 is 0. The number of carbonyl (C=O) groups is 1. The lowest BCUT2D eigenvalue weighted by molar-refractivity contribution is 0.133. The van der Waals surface area contributed by atoms with Gasteiger partial charge in [0, 0.05) is 22.7 Å². The van der Waals surface area contributed by atoms with Crippen LogP contribution >= 0.6 is 0 Å². The molecule has 2 atom stereocenters. The van der Waals surface area contributed by atoms with Gasteiger partial charge < -0.3 is 20.2 Å². The fraction of sp³-hybridized carbons (Fsp3) is 0.438. The van der Waals surface area contributed by atoms with Crippen LogP contribution in [0.2, 0.25) is 0 Å². The van der Waals surface area contributed by atoms with Crippen LogP contribution in [-0.2, 0) is 11.2 Å². The summed E-state index contributed by atoms with van der Waals surface area (Å²) < 4.78 is 24.0. The number of fused-ring (bicyclic) bond motifs is 3. The maximum atomic E-state index is 14.0. The number of carbonyl (C=O) groups excluding carboxylic acids is 1. The number of aromatic amines is 1. The number of methoxy groups -OCH3 is 1. The standard InChI is InChI=1S/C16H19FN2O3/c1-8(7-22-16(18)20)9-3-4-12-15(9)10-5-11(17)14(21-2)6-13(10)19-12/h5-6,8-9,19H,3-4,7H2,1-2H3,(H2,18,20). The fourth-order valence-corrected chi connectivity index (χ4v) is 3.39. The second-order valence-corrected chi connectivity index (χ2v) is 5.80. The van der Waals surface area contributed by atoms with E-state index in [2.05, 4.69) is 4.98 Å². The summed E-state index contributed by atoms with van der Waals surface area (Å²) in [7, 11) is 1.45. The van der Waals surface area contributed by atoms with E-state index in [0.29, 0.717) is 0 Å². The number of aromatic nitrogens is 1. The Morgan fingerprint density at radius 3 is 3.00 bits per heavy atom. The number of primary amides is 1. The maximum Gasteiger partial charge on any atom is 0.404 e. The van der Waals surface area contributed by atoms with E-state index >= 15 is 0 Å². The number of hydrogen-bond donors (Lipinski definition) is 2. The second kappa shape index (κ2) is 5.51. The molecule has 1 aromatic heterocycles. The van der Waals surface area contributed by atoms with E-state index in [1.54, 1.807) is 6.07 Å². The molecule has 1 amide bonds. The molecule has 1 heterocycles. The average Bonchev–Trinajstić information content (AvgIpc) is 3.03. The molecule has 118 valence electrons. The number of nitrogens with one attached hydrogen (secondary N) is 1. The van der Waals surface area contributed by atoms with Gasteiger partial charge in [0.15, 0.2) is 11.6 Å². The van der Waals surface area contributed by atoms with Crippen LogP contribution in [0, 0.1) is 11.7 Å². The van der Waals surface area contributed by atoms with Crippen molar-refractivity contribution in [3.8, 4) is 5.75 Å². The number of amides is 1. The van der Waals surface area contributed by atoms with Crippen molar-refractivity contribution >= 4 is 17.0 Å². The summed E-state index contributed by atoms with van der Waals surface area (Å²) in [5, 5.41) is 0.877. The van der Waals surface area contributed by atoms with Crippen LogP contribution < -0.4 is 10.5 Å². The van der Waals surface area contributed by atoms with Crippen molar-refractivity contribution in [1.29, 1.82) is 0 Å². The first-order valence-corrected chi connectivity index (χ1v) is 7.31. The van der Waals surface area contributed by atoms with Gasteiger partial charge in [0.2, 0.25) is 0 Å². The van der Waals surface area contributed by atoms with E-state index in [0.717, 1.165) is 35.0 Å². The van der Waals surface area contributed by atoms with Crippen LogP contribution in [0.15, 0.2) is 12.1 Å². The molecule has 0 saturated carbocycles. The van der Waals surface area contributed by atoms with Gasteiger partial charge >= 0.3 is 6.09 Å². The van der Waals surface area contributed by atoms with Crippen LogP contribution in [-0.4, -0.2) is 24.8 Å². The average molecular weight is 306 g/mol. The highest BCUT2D eigenvalue weighted by molar-refractivity contribution is 5.87. The lowest BCUT2D eigenvalue weighted by atomic mass is 9.88. The van der Waals surface area contributed by atoms with Gasteiger partial charge in [-0.15, -0.1) is 0 Å². The number of halogens is 1. The van der Waals surface area contributed by atoms with Crippen LogP contribution in [0.3, 0.4) is 0 Å². The van der Waals surface area contributed by atoms with Crippen molar-refractivity contribution in [2.45, 2.75) is 25.7 Å². The molecule has 6 heteroatoms. The van der Waals surface area contributed by atoms with E-state index < -0.39 is 6.09 Å². The normalized spacial score (nSPS) is 18.2. The second-order valence-electron chi connectivity index (χ2n) is 5.80. The summed E-state index contributed by atoms with van der Waals surface area (Å²) in [5.74, 6) is 0.200. The topological polar surface area (TPSA) is 77.3 Å². The van der Waals surface area contributed by atoms with Gasteiger partial charge in [-0.2, -0.15) is 0 Å². The first-order valence-electron chi connectivity index (χ1n) is 7.31. The van der Waals surface area contributed by atoms with Crippen molar-refractivity contribution in [3.63, 3.8) is 0 Å². The molecule has 0 saturated heterocycles. The lowest BCUT2D eigenvalue weighted by Gasteiger charge is -2.19. The van der Waals surface area contributed by atoms with Crippen LogP contribution in [0.1, 0.15) is 30.5 Å². The van der Waals surface area contributed by atoms with Crippen molar-refractivity contribution < 1.29 is 18.7 Å². The molecule has 0 fully saturated rings. The fourth-order valence-electron chi connectivity index (χ4n) is 3.39. The van der Waals surface area contributed by atoms with Crippen molar-refractivity contribution in [2.75, 3.05) is 13.7 Å². The Labute approximate surface area is 127 Å². The van der Waals surface area contributed by atoms with E-state index in [-0.39, 0.29) is 30.0 Å². The molecule has 0 aliphatic heterocycles. The van der Waals surface area contributed by atoms with E-state index in [9.17, 15) is 9.18 Å². The van der Waals surface area contributed by atoms with E-state index in [1.165, 1.54) is 13.2 Å². The monoisotopic (exact) mass is 306 g/mol. The number of aryl methyl sites for hydroxylation is 1. The zero-order valence-electron chi connectivity index (χ0n) is 12.6. The molecule has 0 spiro atoms. The minimum absolute atomic E-state index is 0.123. The zero-order chi connectivity index (χ0) is 15.9. The maximum absolute atomic E-state index is 14.0. The highest BCUT2D eigenvalue weighted by Crippen LogP contribution is 2.43. The highest BCUT2D eigenvalue weighted by atomic mass is 19.1. The SMILES string of the molecule is COc1cc2[nH]c3c(c2cc1F)C(C(C)COC(N)=O)CC3. The number of hydrogen-bond acceptors (Lipinski definition) is 3. The number of H-pyrrole nitrogens is 1. The van der Waals surface area contributed by atoms with E-state index in [1.807, 2.05) is 6.92 Å². The Balaban J connectivity index is 1.97. The lowest BCUT2D eigenvalue weighted by Crippen LogP contribution is -2.20. The molecule has 1 aliphatic carbocycles. The number of benzene rings is 1. The van der Waals surface area contributed by atoms with Crippen LogP contribution in [0.4, 0.5) is 9.18 Å². The Morgan fingerprint density at radius 1 is 1.55 bits per heavy atom. The number of rotatable bonds is 4. The first kappa shape index (κ1) is 14.7. The van der Waals surface area contributed by atoms with Gasteiger partial charge in [-0.05, 0) is 36.3 Å². The number of nitrogens with two attached hydrogens (primary N) is 1. The van der Waals surface area contributed by atoms with Gasteiger partial charge in [-0.25, -0.2) is 9.18 Å². The molecule has 3 N–H and O–H groups in total. The minimum atomic E-state index is -0.764. The van der Waals surface area contributed by atoms with E-state index in [4.69, 9.17) is 15.2 Å². The summed E-state index contributed by atoms with van der Waals surface area (Å²) in [6.45, 7) is 2.28. The quantitative estimate of drug-likeness (QED) is 0.911. The highest BCUT2D eigenvalue weighted by Gasteiger charge is 2.31. The molecule has 0 bridgehead atoms. The molecule has 0 radical (unpaired) electrons. The molecule has 5 nitrogen and oxygen atoms in total. The molecule has 2 unspecified atom stereocenters. The van der Waals surface area contributed by atoms with Crippen molar-refractivity contribution in [1.82, 2.24) is 4.98 Å². The Kier molecular flexibility index (Phi) is 3.68. The molecule has 3 rings (SSSR count). The third-order valence-corrected chi connectivity index (χ3v) is 4.44. The summed E-state index contributed by atoms with van der Waals surface area (Å²) in [4.78, 5) is 14.1. The summed E-state index contributed by atoms with van der Waals surface area (Å²) in [5.41, 5.74) is 8.14. The molecule has 1 aromatic carbocycles. The Bertz CT molecular complexity index is 726. The summed E-state index contributed by atoms with van der Waals surface area (Å²) in [6, 6.07) is 3.20. The zero-order valence-corrected chi connectivity index (χ0v) is 12.6. The summed E-state index contributed by atoms with van der Waals surface area (Å²) in [6.07, 6.45) is 1.09. The third-order valence-electron chi connectivity index (χ3n) is 4.44. The van der Waals surface area contributed by atoms with Crippen molar-refractivity contribution in [3.05, 3.63) is 29.2 Å². The van der Waals surface area contributed by atoms with Gasteiger partial charge in [-0.1, -0.05) is 6.92 Å². The van der Waals surface area contributed by atoms with Gasteiger partial charge in [0.05, 0.1) is 13.7 Å². The van der Waals surface area contributed by atoms with Gasteiger partial charge in [0.25, 0.3) is 0 Å². The molecular weight excluding hydrogens is 287 g/mol. The minimum Gasteiger partial charge on any atom is -0.494 e. The third kappa shape index (κ3) is 2.38. The van der Waals surface area contributed by atoms with Crippen molar-refractivity contribution in [2.24, 2.45) is 11.7 Å². The largest absolute Gasteiger partial charge is 0.494 e. The molecule has 2 aromatic rings. The Hall–Kier alpha value is -2.24. The predicted molar refractivity (Wildman–Crippen MR) is 80.6 cm³/mol. The number of ether oxygens (including phenoxy) is 2. The first-order chi connectivity index (χ1) is 10.5. The molecular formula is C16H19FN2O3. The Morgan fingerprint density at radius 2 is 2.32 bits per heavy atom. The smallest absolute Gasteiger partial charge is 0.404 e. The molecule has 1 aliphatic rings. The van der Waals surface area contributed by atoms with Gasteiger partial charge in [-0.3, -0.25) is 0 Å². The predicted octanol–water partition coefficient (Wildman–Crippen LogP) is 3.08.